The first-order valence-electron chi connectivity index (χ1n) is 16.5. The summed E-state index contributed by atoms with van der Waals surface area (Å²) >= 11 is -0.00108. The van der Waals surface area contributed by atoms with E-state index in [2.05, 4.69) is 91.0 Å². The molecule has 0 saturated heterocycles. The van der Waals surface area contributed by atoms with Crippen LogP contribution in [0.4, 0.5) is 52.7 Å². The normalized spacial score (nSPS) is 13.2. The summed E-state index contributed by atoms with van der Waals surface area (Å²) in [4.78, 5) is 0. The third-order valence-electron chi connectivity index (χ3n) is 8.84. The van der Waals surface area contributed by atoms with Crippen LogP contribution < -0.4 is 0 Å². The first-order valence-corrected chi connectivity index (χ1v) is 17.7. The fourth-order valence-electron chi connectivity index (χ4n) is 6.32. The van der Waals surface area contributed by atoms with Crippen LogP contribution in [0.25, 0.3) is 43.1 Å². The van der Waals surface area contributed by atoms with Crippen molar-refractivity contribution in [2.75, 3.05) is 0 Å². The van der Waals surface area contributed by atoms with E-state index in [1.807, 2.05) is 12.2 Å². The molecule has 0 saturated carbocycles. The van der Waals surface area contributed by atoms with E-state index >= 15 is 0 Å². The third kappa shape index (κ3) is 8.88. The molecule has 0 aromatic heterocycles. The molecule has 0 heterocycles. The second-order valence-corrected chi connectivity index (χ2v) is 13.8. The molecule has 8 rings (SSSR count). The quantitative estimate of drug-likeness (QED) is 0.0923. The molecule has 0 spiro atoms. The molecule has 0 amide bonds. The van der Waals surface area contributed by atoms with Gasteiger partial charge in [-0.25, -0.2) is 12.2 Å². The van der Waals surface area contributed by atoms with Gasteiger partial charge >= 0.3 is 175 Å². The number of hydrogen-bond donors (Lipinski definition) is 0. The minimum atomic E-state index is -5.22. The van der Waals surface area contributed by atoms with E-state index in [4.69, 9.17) is 0 Å². The summed E-state index contributed by atoms with van der Waals surface area (Å²) in [6.45, 7) is 0. The van der Waals surface area contributed by atoms with Gasteiger partial charge in [0.2, 0.25) is 0 Å². The zero-order valence-corrected chi connectivity index (χ0v) is 30.9. The summed E-state index contributed by atoms with van der Waals surface area (Å²) in [5.74, 6) is 0. The van der Waals surface area contributed by atoms with Gasteiger partial charge in [-0.15, -0.1) is 40.1 Å². The molecule has 7 aromatic carbocycles. The van der Waals surface area contributed by atoms with Gasteiger partial charge in [0.25, 0.3) is 0 Å². The Balaban J connectivity index is 0.000000175. The number of fused-ring (bicyclic) bond motifs is 8. The van der Waals surface area contributed by atoms with Crippen molar-refractivity contribution in [1.82, 2.24) is 0 Å². The fraction of sp³-hybridized carbons (Fsp3) is 0.116. The van der Waals surface area contributed by atoms with Gasteiger partial charge in [0.1, 0.15) is 0 Å². The molecule has 13 heteroatoms. The molecule has 7 aromatic rings. The standard InChI is InChI=1S/C21H13.C17H6F12.C5H5.Zr/c1-2-8-15-14(7-1)13-20-18-11-4-3-9-16(18)17-10-5-6-12-19(17)21(15)20;18-14(19,20)10-2-8(3-11(6-10)15(21,22)23)1-9-4-12(16(24,25)26)7-13(5-9)17(27,28)29;1-2-4-5-3-1;/h1-13H;2-7H;1-3H,4H2;/q-1;;-1;+2. The number of halogens is 12. The van der Waals surface area contributed by atoms with Crippen LogP contribution in [-0.4, -0.2) is 3.21 Å². The molecule has 1 aliphatic carbocycles. The van der Waals surface area contributed by atoms with E-state index < -0.39 is 61.3 Å². The SMILES string of the molecule is FC(F)(F)c1cc([C](=[Zr+2])c2cc(C(F)(F)F)cc(C(F)(F)F)c2)cc(C(F)(F)F)c1.[C-]1=CC=CC1.c1ccc2c(c1)[cH-]c1c3ccccc3c3ccccc3c21. The van der Waals surface area contributed by atoms with Crippen molar-refractivity contribution in [3.8, 4) is 0 Å². The van der Waals surface area contributed by atoms with Crippen LogP contribution in [0.5, 0.6) is 0 Å². The summed E-state index contributed by atoms with van der Waals surface area (Å²) in [7, 11) is 0. The maximum Gasteiger partial charge on any atom is -0.0255 e. The maximum absolute atomic E-state index is 13.0. The molecule has 0 nitrogen and oxygen atoms in total. The van der Waals surface area contributed by atoms with Crippen LogP contribution in [0.2, 0.25) is 0 Å². The number of benzene rings is 6. The monoisotopic (exact) mass is 858 g/mol. The maximum atomic E-state index is 13.0. The largest absolute Gasteiger partial charge is 0.273 e. The molecule has 0 fully saturated rings. The van der Waals surface area contributed by atoms with Crippen LogP contribution in [0.3, 0.4) is 0 Å². The molecule has 0 bridgehead atoms. The Morgan fingerprint density at radius 1 is 0.500 bits per heavy atom. The van der Waals surface area contributed by atoms with Crippen LogP contribution in [0, 0.1) is 6.08 Å². The van der Waals surface area contributed by atoms with Gasteiger partial charge in [-0.2, -0.15) is 6.08 Å². The van der Waals surface area contributed by atoms with Gasteiger partial charge in [-0.1, -0.05) is 77.5 Å². The minimum absolute atomic E-state index is 0.00108. The number of allylic oxidation sites excluding steroid dienone is 4. The van der Waals surface area contributed by atoms with Crippen molar-refractivity contribution in [2.45, 2.75) is 31.1 Å². The summed E-state index contributed by atoms with van der Waals surface area (Å²) < 4.78 is 155. The number of hydrogen-bond acceptors (Lipinski definition) is 0. The van der Waals surface area contributed by atoms with E-state index in [0.29, 0.717) is 0 Å². The van der Waals surface area contributed by atoms with Crippen molar-refractivity contribution in [3.63, 3.8) is 0 Å². The zero-order valence-electron chi connectivity index (χ0n) is 28.4. The number of rotatable bonds is 2. The molecular weight excluding hydrogens is 836 g/mol. The van der Waals surface area contributed by atoms with E-state index in [9.17, 15) is 52.7 Å². The second-order valence-electron chi connectivity index (χ2n) is 12.6. The Bertz CT molecular complexity index is 2480. The van der Waals surface area contributed by atoms with Crippen LogP contribution >= 0.6 is 0 Å². The Kier molecular flexibility index (Phi) is 11.3. The summed E-state index contributed by atoms with van der Waals surface area (Å²) in [5.41, 5.74) is -8.54. The third-order valence-corrected chi connectivity index (χ3v) is 10.3. The van der Waals surface area contributed by atoms with E-state index in [1.165, 1.54) is 43.1 Å². The second kappa shape index (κ2) is 15.6. The molecule has 0 atom stereocenters. The summed E-state index contributed by atoms with van der Waals surface area (Å²) in [5, 5.41) is 10.8. The fourth-order valence-corrected chi connectivity index (χ4v) is 7.03. The Morgan fingerprint density at radius 3 is 1.29 bits per heavy atom. The van der Waals surface area contributed by atoms with Crippen LogP contribution in [0.1, 0.15) is 39.8 Å². The topological polar surface area (TPSA) is 0 Å². The molecule has 0 radical (unpaired) electrons. The van der Waals surface area contributed by atoms with Crippen LogP contribution in [0.15, 0.2) is 133 Å². The zero-order chi connectivity index (χ0) is 40.6. The first-order chi connectivity index (χ1) is 26.2. The predicted octanol–water partition coefficient (Wildman–Crippen LogP) is 14.2. The summed E-state index contributed by atoms with van der Waals surface area (Å²) in [6, 6.07) is 29.1. The average Bonchev–Trinajstić information content (AvgIpc) is 3.86. The molecular formula is C43H24F12Zr. The van der Waals surface area contributed by atoms with Gasteiger partial charge in [0.15, 0.2) is 0 Å². The smallest absolute Gasteiger partial charge is 0.0255 e. The van der Waals surface area contributed by atoms with Gasteiger partial charge in [0, 0.05) is 0 Å². The molecule has 284 valence electrons. The van der Waals surface area contributed by atoms with Gasteiger partial charge in [-0.05, 0) is 10.8 Å². The van der Waals surface area contributed by atoms with E-state index in [1.54, 1.807) is 0 Å². The van der Waals surface area contributed by atoms with Gasteiger partial charge in [0.05, 0.1) is 0 Å². The number of alkyl halides is 12. The average molecular weight is 860 g/mol. The van der Waals surface area contributed by atoms with E-state index in [-0.39, 0.29) is 60.6 Å². The predicted molar refractivity (Wildman–Crippen MR) is 190 cm³/mol. The summed E-state index contributed by atoms with van der Waals surface area (Å²) in [6.07, 6.45) is -10.9. The van der Waals surface area contributed by atoms with Crippen molar-refractivity contribution >= 4 is 46.3 Å². The Morgan fingerprint density at radius 2 is 0.893 bits per heavy atom. The van der Waals surface area contributed by atoms with Crippen molar-refractivity contribution < 1.29 is 76.9 Å². The van der Waals surface area contributed by atoms with E-state index in [0.717, 1.165) is 6.42 Å². The Hall–Kier alpha value is -4.90. The Labute approximate surface area is 326 Å². The van der Waals surface area contributed by atoms with Crippen molar-refractivity contribution in [2.24, 2.45) is 0 Å². The van der Waals surface area contributed by atoms with Crippen molar-refractivity contribution in [1.29, 1.82) is 0 Å². The molecule has 0 aliphatic heterocycles. The molecule has 0 N–H and O–H groups in total. The molecule has 0 unspecified atom stereocenters. The molecule has 1 aliphatic rings. The van der Waals surface area contributed by atoms with Gasteiger partial charge < -0.3 is 0 Å². The van der Waals surface area contributed by atoms with Crippen molar-refractivity contribution in [3.05, 3.63) is 173 Å². The van der Waals surface area contributed by atoms with Gasteiger partial charge in [-0.3, -0.25) is 6.08 Å². The molecule has 56 heavy (non-hydrogen) atoms. The van der Waals surface area contributed by atoms with Crippen LogP contribution in [-0.2, 0) is 48.9 Å². The minimum Gasteiger partial charge on any atom is -0.273 e. The first kappa shape index (κ1) is 40.8.